The van der Waals surface area contributed by atoms with Gasteiger partial charge in [-0.05, 0) is 24.3 Å². The Morgan fingerprint density at radius 2 is 1.12 bits per heavy atom. The van der Waals surface area contributed by atoms with Gasteiger partial charge in [-0.3, -0.25) is 5.01 Å². The molecule has 80 valence electrons. The first kappa shape index (κ1) is 9.24. The Morgan fingerprint density at radius 1 is 0.750 bits per heavy atom. The molecule has 3 heteroatoms. The number of fused-ring (bicyclic) bond motifs is 2. The lowest BCUT2D eigenvalue weighted by Crippen LogP contribution is -2.32. The van der Waals surface area contributed by atoms with E-state index in [1.165, 1.54) is 0 Å². The number of hydrogen-bond acceptors (Lipinski definition) is 3. The molecule has 0 aromatic heterocycles. The quantitative estimate of drug-likeness (QED) is 0.680. The molecule has 0 aliphatic carbocycles. The van der Waals surface area contributed by atoms with E-state index in [1.807, 2.05) is 36.4 Å². The minimum atomic E-state index is 1.03. The van der Waals surface area contributed by atoms with Gasteiger partial charge in [-0.2, -0.15) is 0 Å². The lowest BCUT2D eigenvalue weighted by molar-refractivity contribution is 1.03. The molecule has 0 unspecified atom stereocenters. The van der Waals surface area contributed by atoms with E-state index in [-0.39, 0.29) is 0 Å². The summed E-state index contributed by atoms with van der Waals surface area (Å²) < 4.78 is 0. The van der Waals surface area contributed by atoms with Crippen LogP contribution in [0.25, 0.3) is 0 Å². The second-order valence-corrected chi connectivity index (χ2v) is 3.91. The second kappa shape index (κ2) is 3.25. The van der Waals surface area contributed by atoms with Gasteiger partial charge in [-0.25, -0.2) is 5.84 Å². The molecule has 1 heterocycles. The third kappa shape index (κ3) is 1.12. The van der Waals surface area contributed by atoms with Crippen molar-refractivity contribution in [1.82, 2.24) is 0 Å². The molecule has 0 saturated heterocycles. The number of hydrogen-bond donors (Lipinski definition) is 1. The molecule has 1 aliphatic heterocycles. The van der Waals surface area contributed by atoms with E-state index in [1.54, 1.807) is 5.01 Å². The molecule has 0 spiro atoms. The lowest BCUT2D eigenvalue weighted by atomic mass is 10.1. The highest BCUT2D eigenvalue weighted by Crippen LogP contribution is 2.44. The second-order valence-electron chi connectivity index (χ2n) is 3.91. The van der Waals surface area contributed by atoms with Crippen molar-refractivity contribution in [3.63, 3.8) is 0 Å². The first-order valence-electron chi connectivity index (χ1n) is 5.25. The summed E-state index contributed by atoms with van der Waals surface area (Å²) in [4.78, 5) is 2.16. The zero-order valence-corrected chi connectivity index (χ0v) is 9.09. The molecule has 0 fully saturated rings. The monoisotopic (exact) mass is 211 g/mol. The van der Waals surface area contributed by atoms with Crippen LogP contribution in [0, 0.1) is 0 Å². The number of anilines is 4. The molecule has 1 aliphatic rings. The molecule has 0 amide bonds. The van der Waals surface area contributed by atoms with Gasteiger partial charge in [0.1, 0.15) is 0 Å². The van der Waals surface area contributed by atoms with Crippen LogP contribution in [0.4, 0.5) is 22.7 Å². The minimum Gasteiger partial charge on any atom is -0.341 e. The largest absolute Gasteiger partial charge is 0.341 e. The predicted molar refractivity (Wildman–Crippen MR) is 67.3 cm³/mol. The molecule has 0 radical (unpaired) electrons. The van der Waals surface area contributed by atoms with Gasteiger partial charge in [0, 0.05) is 7.05 Å². The summed E-state index contributed by atoms with van der Waals surface area (Å²) in [5.41, 5.74) is 4.32. The van der Waals surface area contributed by atoms with Crippen LogP contribution in [0.5, 0.6) is 0 Å². The Morgan fingerprint density at radius 3 is 1.56 bits per heavy atom. The third-order valence-electron chi connectivity index (χ3n) is 3.01. The lowest BCUT2D eigenvalue weighted by Gasteiger charge is -2.35. The molecule has 16 heavy (non-hydrogen) atoms. The van der Waals surface area contributed by atoms with Crippen molar-refractivity contribution in [2.24, 2.45) is 5.84 Å². The van der Waals surface area contributed by atoms with Gasteiger partial charge in [0.05, 0.1) is 22.7 Å². The molecule has 0 atom stereocenters. The van der Waals surface area contributed by atoms with Gasteiger partial charge in [0.2, 0.25) is 0 Å². The number of nitrogens with zero attached hydrogens (tertiary/aromatic N) is 2. The Kier molecular flexibility index (Phi) is 1.88. The standard InChI is InChI=1S/C13H13N3/c1-15-10-6-2-4-8-12(10)16(14)13-9-5-3-7-11(13)15/h2-9H,14H2,1H3. The molecule has 2 aromatic carbocycles. The highest BCUT2D eigenvalue weighted by atomic mass is 15.4. The van der Waals surface area contributed by atoms with Crippen molar-refractivity contribution in [3.8, 4) is 0 Å². The van der Waals surface area contributed by atoms with Crippen molar-refractivity contribution in [2.45, 2.75) is 0 Å². The minimum absolute atomic E-state index is 1.03. The number of hydrazine groups is 1. The predicted octanol–water partition coefficient (Wildman–Crippen LogP) is 2.78. The normalized spacial score (nSPS) is 13.4. The van der Waals surface area contributed by atoms with Crippen LogP contribution in [0.3, 0.4) is 0 Å². The van der Waals surface area contributed by atoms with Crippen LogP contribution in [-0.2, 0) is 0 Å². The van der Waals surface area contributed by atoms with Gasteiger partial charge in [-0.15, -0.1) is 0 Å². The van der Waals surface area contributed by atoms with Crippen molar-refractivity contribution in [1.29, 1.82) is 0 Å². The van der Waals surface area contributed by atoms with E-state index in [2.05, 4.69) is 24.1 Å². The number of benzene rings is 2. The number of para-hydroxylation sites is 4. The van der Waals surface area contributed by atoms with Crippen LogP contribution >= 0.6 is 0 Å². The summed E-state index contributed by atoms with van der Waals surface area (Å²) in [5, 5.41) is 1.74. The maximum atomic E-state index is 6.13. The Hall–Kier alpha value is -2.00. The maximum Gasteiger partial charge on any atom is 0.0813 e. The molecule has 2 N–H and O–H groups in total. The van der Waals surface area contributed by atoms with Crippen molar-refractivity contribution in [3.05, 3.63) is 48.5 Å². The summed E-state index contributed by atoms with van der Waals surface area (Å²) in [6.45, 7) is 0. The zero-order valence-electron chi connectivity index (χ0n) is 9.09. The van der Waals surface area contributed by atoms with E-state index in [9.17, 15) is 0 Å². The highest BCUT2D eigenvalue weighted by molar-refractivity contribution is 5.91. The Labute approximate surface area is 94.7 Å². The topological polar surface area (TPSA) is 32.5 Å². The van der Waals surface area contributed by atoms with Crippen LogP contribution < -0.4 is 15.8 Å². The fourth-order valence-electron chi connectivity index (χ4n) is 2.16. The van der Waals surface area contributed by atoms with Crippen molar-refractivity contribution < 1.29 is 0 Å². The summed E-state index contributed by atoms with van der Waals surface area (Å²) in [6, 6.07) is 16.3. The molecular weight excluding hydrogens is 198 g/mol. The smallest absolute Gasteiger partial charge is 0.0813 e. The Balaban J connectivity index is 2.26. The van der Waals surface area contributed by atoms with Gasteiger partial charge < -0.3 is 4.90 Å². The summed E-state index contributed by atoms with van der Waals surface area (Å²) >= 11 is 0. The van der Waals surface area contributed by atoms with Gasteiger partial charge in [0.25, 0.3) is 0 Å². The van der Waals surface area contributed by atoms with E-state index < -0.39 is 0 Å². The van der Waals surface area contributed by atoms with Gasteiger partial charge >= 0.3 is 0 Å². The highest BCUT2D eigenvalue weighted by Gasteiger charge is 2.23. The summed E-state index contributed by atoms with van der Waals surface area (Å²) in [6.07, 6.45) is 0. The number of rotatable bonds is 0. The van der Waals surface area contributed by atoms with E-state index in [0.29, 0.717) is 0 Å². The van der Waals surface area contributed by atoms with Crippen LogP contribution in [0.15, 0.2) is 48.5 Å². The molecule has 2 aromatic rings. The van der Waals surface area contributed by atoms with E-state index >= 15 is 0 Å². The van der Waals surface area contributed by atoms with E-state index in [4.69, 9.17) is 5.84 Å². The van der Waals surface area contributed by atoms with Crippen LogP contribution in [-0.4, -0.2) is 7.05 Å². The molecular formula is C13H13N3. The summed E-state index contributed by atoms with van der Waals surface area (Å²) in [7, 11) is 2.06. The van der Waals surface area contributed by atoms with E-state index in [0.717, 1.165) is 22.7 Å². The van der Waals surface area contributed by atoms with Gasteiger partial charge in [-0.1, -0.05) is 24.3 Å². The molecule has 0 bridgehead atoms. The van der Waals surface area contributed by atoms with Crippen molar-refractivity contribution in [2.75, 3.05) is 17.0 Å². The SMILES string of the molecule is CN1c2ccccc2N(N)c2ccccc21. The fourth-order valence-corrected chi connectivity index (χ4v) is 2.16. The maximum absolute atomic E-state index is 6.13. The van der Waals surface area contributed by atoms with Crippen LogP contribution in [0.2, 0.25) is 0 Å². The zero-order chi connectivity index (χ0) is 11.1. The molecule has 3 rings (SSSR count). The number of nitrogens with two attached hydrogens (primary N) is 1. The van der Waals surface area contributed by atoms with Crippen molar-refractivity contribution >= 4 is 22.7 Å². The average Bonchev–Trinajstić information content (AvgIpc) is 2.36. The molecule has 3 nitrogen and oxygen atoms in total. The third-order valence-corrected chi connectivity index (χ3v) is 3.01. The fraction of sp³-hybridized carbons (Fsp3) is 0.0769. The van der Waals surface area contributed by atoms with Gasteiger partial charge in [0.15, 0.2) is 0 Å². The first-order chi connectivity index (χ1) is 7.79. The van der Waals surface area contributed by atoms with Crippen LogP contribution in [0.1, 0.15) is 0 Å². The first-order valence-corrected chi connectivity index (χ1v) is 5.25. The molecule has 0 saturated carbocycles. The Bertz CT molecular complexity index is 441. The summed E-state index contributed by atoms with van der Waals surface area (Å²) in [5.74, 6) is 6.13. The average molecular weight is 211 g/mol.